The minimum Gasteiger partial charge on any atom is -0.470 e. The number of nitrogens with zero attached hydrogens (tertiary/aromatic N) is 4. The molecule has 1 N–H and O–H groups in total. The molecule has 0 atom stereocenters. The number of carbonyl (C=O) groups excluding carboxylic acids is 1. The average Bonchev–Trinajstić information content (AvgIpc) is 3.37. The molecular formula is C23H20Cl3N5O2. The lowest BCUT2D eigenvalue weighted by Gasteiger charge is -2.09. The van der Waals surface area contributed by atoms with E-state index in [4.69, 9.17) is 39.5 Å². The summed E-state index contributed by atoms with van der Waals surface area (Å²) in [6, 6.07) is 14.3. The monoisotopic (exact) mass is 503 g/mol. The van der Waals surface area contributed by atoms with Crippen LogP contribution in [0.4, 0.5) is 5.69 Å². The second-order valence-electron chi connectivity index (χ2n) is 7.35. The number of aryl methyl sites for hydroxylation is 1. The summed E-state index contributed by atoms with van der Waals surface area (Å²) in [5.74, 6) is 0.0943. The topological polar surface area (TPSA) is 74.0 Å². The molecule has 7 nitrogen and oxygen atoms in total. The Kier molecular flexibility index (Phi) is 6.93. The summed E-state index contributed by atoms with van der Waals surface area (Å²) in [6.45, 7) is 4.40. The van der Waals surface area contributed by atoms with Crippen molar-refractivity contribution in [3.63, 3.8) is 0 Å². The van der Waals surface area contributed by atoms with Crippen LogP contribution in [0.25, 0.3) is 0 Å². The van der Waals surface area contributed by atoms with Crippen LogP contribution in [0, 0.1) is 13.8 Å². The molecule has 1 amide bonds. The van der Waals surface area contributed by atoms with Crippen molar-refractivity contribution < 1.29 is 9.53 Å². The van der Waals surface area contributed by atoms with Gasteiger partial charge in [-0.1, -0.05) is 53.0 Å². The number of benzene rings is 2. The number of nitrogens with one attached hydrogen (secondary N) is 1. The Bertz CT molecular complexity index is 1300. The number of anilines is 1. The van der Waals surface area contributed by atoms with Crippen LogP contribution in [0.3, 0.4) is 0 Å². The molecule has 0 spiro atoms. The van der Waals surface area contributed by atoms with Crippen LogP contribution in [0.1, 0.15) is 27.4 Å². The molecule has 0 fully saturated rings. The van der Waals surface area contributed by atoms with E-state index in [0.29, 0.717) is 38.7 Å². The maximum Gasteiger partial charge on any atom is 0.276 e. The number of carbonyl (C=O) groups is 1. The fourth-order valence-electron chi connectivity index (χ4n) is 3.26. The molecule has 170 valence electrons. The molecule has 2 aromatic carbocycles. The van der Waals surface area contributed by atoms with Gasteiger partial charge in [0.15, 0.2) is 12.4 Å². The van der Waals surface area contributed by atoms with Crippen molar-refractivity contribution in [1.82, 2.24) is 19.6 Å². The maximum absolute atomic E-state index is 12.8. The van der Waals surface area contributed by atoms with Gasteiger partial charge in [-0.25, -0.2) is 4.68 Å². The van der Waals surface area contributed by atoms with Crippen LogP contribution in [-0.4, -0.2) is 25.5 Å². The van der Waals surface area contributed by atoms with Crippen molar-refractivity contribution in [2.45, 2.75) is 27.1 Å². The van der Waals surface area contributed by atoms with Gasteiger partial charge in [-0.15, -0.1) is 0 Å². The summed E-state index contributed by atoms with van der Waals surface area (Å²) in [4.78, 5) is 12.8. The molecule has 0 aliphatic rings. The molecule has 33 heavy (non-hydrogen) atoms. The Morgan fingerprint density at radius 3 is 2.55 bits per heavy atom. The number of aromatic nitrogens is 4. The van der Waals surface area contributed by atoms with E-state index < -0.39 is 0 Å². The highest BCUT2D eigenvalue weighted by atomic mass is 35.5. The Balaban J connectivity index is 1.42. The Labute approximate surface area is 205 Å². The van der Waals surface area contributed by atoms with Crippen LogP contribution in [-0.2, 0) is 13.3 Å². The minimum atomic E-state index is -0.341. The normalized spacial score (nSPS) is 10.9. The van der Waals surface area contributed by atoms with E-state index >= 15 is 0 Å². The Morgan fingerprint density at radius 2 is 1.79 bits per heavy atom. The van der Waals surface area contributed by atoms with Gasteiger partial charge in [0.2, 0.25) is 0 Å². The van der Waals surface area contributed by atoms with Gasteiger partial charge in [-0.05, 0) is 49.7 Å². The Hall–Kier alpha value is -3.00. The highest BCUT2D eigenvalue weighted by Gasteiger charge is 2.17. The first-order valence-corrected chi connectivity index (χ1v) is 11.2. The van der Waals surface area contributed by atoms with Crippen LogP contribution in [0.5, 0.6) is 5.75 Å². The molecule has 0 saturated heterocycles. The lowest BCUT2D eigenvalue weighted by molar-refractivity contribution is 0.102. The second-order valence-corrected chi connectivity index (χ2v) is 8.57. The molecule has 10 heteroatoms. The van der Waals surface area contributed by atoms with Crippen molar-refractivity contribution in [2.24, 2.45) is 0 Å². The van der Waals surface area contributed by atoms with Crippen LogP contribution in [0.2, 0.25) is 15.1 Å². The van der Waals surface area contributed by atoms with E-state index in [2.05, 4.69) is 15.5 Å². The standard InChI is InChI=1S/C23H20Cl3N5O2/c1-14-22(15(2)31(28-14)12-16-6-8-17(24)9-7-16)27-23(32)19-10-11-30(29-19)13-33-20-5-3-4-18(25)21(20)26/h3-11H,12-13H2,1-2H3,(H,27,32). The van der Waals surface area contributed by atoms with Gasteiger partial charge in [-0.2, -0.15) is 10.2 Å². The lowest BCUT2D eigenvalue weighted by Crippen LogP contribution is -2.15. The summed E-state index contributed by atoms with van der Waals surface area (Å²) < 4.78 is 8.99. The summed E-state index contributed by atoms with van der Waals surface area (Å²) in [7, 11) is 0. The summed E-state index contributed by atoms with van der Waals surface area (Å²) in [5, 5.41) is 13.2. The molecule has 0 unspecified atom stereocenters. The van der Waals surface area contributed by atoms with Gasteiger partial charge in [0.05, 0.1) is 28.6 Å². The van der Waals surface area contributed by atoms with Gasteiger partial charge in [0.25, 0.3) is 5.91 Å². The molecule has 0 radical (unpaired) electrons. The molecule has 0 aliphatic heterocycles. The maximum atomic E-state index is 12.8. The van der Waals surface area contributed by atoms with Crippen molar-refractivity contribution in [3.8, 4) is 5.75 Å². The molecule has 4 rings (SSSR count). The SMILES string of the molecule is Cc1nn(Cc2ccc(Cl)cc2)c(C)c1NC(=O)c1ccn(COc2cccc(Cl)c2Cl)n1. The number of halogens is 3. The van der Waals surface area contributed by atoms with Gasteiger partial charge in [-0.3, -0.25) is 9.48 Å². The molecule has 0 saturated carbocycles. The fourth-order valence-corrected chi connectivity index (χ4v) is 3.73. The molecular weight excluding hydrogens is 485 g/mol. The van der Waals surface area contributed by atoms with Crippen molar-refractivity contribution in [2.75, 3.05) is 5.32 Å². The van der Waals surface area contributed by atoms with E-state index in [1.807, 2.05) is 42.8 Å². The molecule has 0 aliphatic carbocycles. The van der Waals surface area contributed by atoms with Crippen molar-refractivity contribution in [1.29, 1.82) is 0 Å². The number of rotatable bonds is 7. The first-order valence-electron chi connectivity index (χ1n) is 10.0. The first-order chi connectivity index (χ1) is 15.8. The lowest BCUT2D eigenvalue weighted by atomic mass is 10.2. The predicted molar refractivity (Wildman–Crippen MR) is 130 cm³/mol. The zero-order valence-corrected chi connectivity index (χ0v) is 20.1. The summed E-state index contributed by atoms with van der Waals surface area (Å²) in [5.41, 5.74) is 3.52. The zero-order valence-electron chi connectivity index (χ0n) is 17.8. The van der Waals surface area contributed by atoms with E-state index in [1.165, 1.54) is 4.68 Å². The highest BCUT2D eigenvalue weighted by Crippen LogP contribution is 2.31. The third-order valence-corrected chi connectivity index (χ3v) is 6.06. The van der Waals surface area contributed by atoms with Crippen LogP contribution >= 0.6 is 34.8 Å². The van der Waals surface area contributed by atoms with Gasteiger partial charge >= 0.3 is 0 Å². The molecule has 0 bridgehead atoms. The molecule has 4 aromatic rings. The smallest absolute Gasteiger partial charge is 0.276 e. The average molecular weight is 505 g/mol. The van der Waals surface area contributed by atoms with E-state index in [1.54, 1.807) is 30.5 Å². The number of amides is 1. The number of hydrogen-bond acceptors (Lipinski definition) is 4. The third-order valence-electron chi connectivity index (χ3n) is 5.01. The van der Waals surface area contributed by atoms with Crippen molar-refractivity contribution >= 4 is 46.4 Å². The van der Waals surface area contributed by atoms with Gasteiger partial charge < -0.3 is 10.1 Å². The van der Waals surface area contributed by atoms with Gasteiger partial charge in [0, 0.05) is 11.2 Å². The van der Waals surface area contributed by atoms with Gasteiger partial charge in [0.1, 0.15) is 10.8 Å². The Morgan fingerprint density at radius 1 is 1.03 bits per heavy atom. The van der Waals surface area contributed by atoms with E-state index in [9.17, 15) is 4.79 Å². The zero-order chi connectivity index (χ0) is 23.5. The number of ether oxygens (including phenoxy) is 1. The first kappa shape index (κ1) is 23.2. The summed E-state index contributed by atoms with van der Waals surface area (Å²) >= 11 is 18.1. The fraction of sp³-hybridized carbons (Fsp3) is 0.174. The number of hydrogen-bond donors (Lipinski definition) is 1. The largest absolute Gasteiger partial charge is 0.470 e. The van der Waals surface area contributed by atoms with E-state index in [0.717, 1.165) is 11.3 Å². The summed E-state index contributed by atoms with van der Waals surface area (Å²) in [6.07, 6.45) is 1.65. The highest BCUT2D eigenvalue weighted by molar-refractivity contribution is 6.42. The predicted octanol–water partition coefficient (Wildman–Crippen LogP) is 5.99. The molecule has 2 aromatic heterocycles. The third kappa shape index (κ3) is 5.33. The van der Waals surface area contributed by atoms with Crippen LogP contribution < -0.4 is 10.1 Å². The van der Waals surface area contributed by atoms with Crippen LogP contribution in [0.15, 0.2) is 54.7 Å². The quantitative estimate of drug-likeness (QED) is 0.335. The second kappa shape index (κ2) is 9.87. The van der Waals surface area contributed by atoms with Crippen molar-refractivity contribution in [3.05, 3.63) is 92.4 Å². The van der Waals surface area contributed by atoms with E-state index in [-0.39, 0.29) is 18.3 Å². The minimum absolute atomic E-state index is 0.0738. The molecule has 2 heterocycles.